The Bertz CT molecular complexity index is 723. The quantitative estimate of drug-likeness (QED) is 0.439. The molecule has 0 saturated heterocycles. The summed E-state index contributed by atoms with van der Waals surface area (Å²) in [6.45, 7) is 13.7. The molecule has 0 spiro atoms. The third-order valence-corrected chi connectivity index (χ3v) is 3.56. The predicted molar refractivity (Wildman–Crippen MR) is 111 cm³/mol. The van der Waals surface area contributed by atoms with Gasteiger partial charge in [0.25, 0.3) is 0 Å². The minimum Gasteiger partial charge on any atom is -0.494 e. The first-order valence-electron chi connectivity index (χ1n) is 9.56. The van der Waals surface area contributed by atoms with Crippen molar-refractivity contribution < 1.29 is 32.9 Å². The van der Waals surface area contributed by atoms with E-state index >= 15 is 0 Å². The Morgan fingerprint density at radius 3 is 2.03 bits per heavy atom. The van der Waals surface area contributed by atoms with E-state index in [4.69, 9.17) is 18.9 Å². The molecule has 0 radical (unpaired) electrons. The van der Waals surface area contributed by atoms with Crippen molar-refractivity contribution in [3.05, 3.63) is 42.2 Å². The van der Waals surface area contributed by atoms with Gasteiger partial charge >= 0.3 is 12.2 Å². The third-order valence-electron chi connectivity index (χ3n) is 3.56. The van der Waals surface area contributed by atoms with Crippen molar-refractivity contribution >= 4 is 12.2 Å². The number of halogens is 1. The van der Waals surface area contributed by atoms with Crippen LogP contribution in [0.5, 0.6) is 5.75 Å². The van der Waals surface area contributed by atoms with Gasteiger partial charge in [-0.3, -0.25) is 0 Å². The molecule has 0 bridgehead atoms. The zero-order valence-electron chi connectivity index (χ0n) is 18.8. The first-order chi connectivity index (χ1) is 13.8. The van der Waals surface area contributed by atoms with Crippen molar-refractivity contribution in [1.29, 1.82) is 0 Å². The molecule has 7 nitrogen and oxygen atoms in total. The molecule has 1 aromatic rings. The maximum atomic E-state index is 14.4. The second-order valence-electron chi connectivity index (χ2n) is 8.57. The predicted octanol–water partition coefficient (Wildman–Crippen LogP) is 5.25. The molecule has 0 aromatic heterocycles. The molecule has 0 heterocycles. The number of nitrogens with zero attached hydrogens (tertiary/aromatic N) is 1. The minimum absolute atomic E-state index is 0.0330. The van der Waals surface area contributed by atoms with Crippen molar-refractivity contribution in [2.45, 2.75) is 58.8 Å². The average Bonchev–Trinajstić information content (AvgIpc) is 2.57. The maximum Gasteiger partial charge on any atom is 0.420 e. The molecular formula is C22H32FNO6. The summed E-state index contributed by atoms with van der Waals surface area (Å²) in [5, 5.41) is 0. The minimum atomic E-state index is -1.00. The van der Waals surface area contributed by atoms with Gasteiger partial charge in [-0.15, -0.1) is 6.58 Å². The fourth-order valence-electron chi connectivity index (χ4n) is 2.42. The van der Waals surface area contributed by atoms with E-state index < -0.39 is 35.2 Å². The van der Waals surface area contributed by atoms with Crippen molar-refractivity contribution in [3.8, 4) is 5.75 Å². The molecule has 30 heavy (non-hydrogen) atoms. The van der Waals surface area contributed by atoms with Crippen molar-refractivity contribution in [2.75, 3.05) is 20.3 Å². The molecule has 0 unspecified atom stereocenters. The lowest BCUT2D eigenvalue weighted by atomic mass is 10.1. The summed E-state index contributed by atoms with van der Waals surface area (Å²) in [5.41, 5.74) is -1.42. The molecule has 0 aliphatic rings. The van der Waals surface area contributed by atoms with Gasteiger partial charge in [0, 0.05) is 0 Å². The first kappa shape index (κ1) is 25.4. The van der Waals surface area contributed by atoms with Crippen LogP contribution in [-0.4, -0.2) is 48.6 Å². The number of imide groups is 1. The maximum absolute atomic E-state index is 14.4. The Labute approximate surface area is 177 Å². The lowest BCUT2D eigenvalue weighted by molar-refractivity contribution is -0.0177. The Balaban J connectivity index is 3.44. The molecule has 168 valence electrons. The van der Waals surface area contributed by atoms with E-state index in [2.05, 4.69) is 6.58 Å². The summed E-state index contributed by atoms with van der Waals surface area (Å²) >= 11 is 0. The van der Waals surface area contributed by atoms with Crippen LogP contribution in [0.1, 0.15) is 53.1 Å². The summed E-state index contributed by atoms with van der Waals surface area (Å²) in [6, 6.07) is 3.14. The Morgan fingerprint density at radius 1 is 1.10 bits per heavy atom. The van der Waals surface area contributed by atoms with Crippen LogP contribution < -0.4 is 4.74 Å². The number of benzene rings is 1. The molecule has 1 rings (SSSR count). The molecule has 0 aliphatic carbocycles. The highest BCUT2D eigenvalue weighted by Crippen LogP contribution is 2.29. The van der Waals surface area contributed by atoms with E-state index in [0.29, 0.717) is 5.56 Å². The van der Waals surface area contributed by atoms with Gasteiger partial charge < -0.3 is 18.9 Å². The standard InChI is InChI=1S/C22H32FNO6/c1-9-12-28-14-17(15-10-11-18(27-8)16(23)13-15)24(19(25)29-21(2,3)4)20(26)30-22(5,6)7/h9-11,13,17H,1,12,14H2,2-8H3/t17-/m1/s1. The molecule has 0 fully saturated rings. The van der Waals surface area contributed by atoms with Crippen molar-refractivity contribution in [1.82, 2.24) is 4.90 Å². The smallest absolute Gasteiger partial charge is 0.420 e. The zero-order chi connectivity index (χ0) is 23.1. The molecule has 1 atom stereocenters. The van der Waals surface area contributed by atoms with Gasteiger partial charge in [0.2, 0.25) is 0 Å². The number of hydrogen-bond donors (Lipinski definition) is 0. The van der Waals surface area contributed by atoms with E-state index in [1.54, 1.807) is 47.6 Å². The van der Waals surface area contributed by atoms with Crippen LogP contribution in [0.3, 0.4) is 0 Å². The van der Waals surface area contributed by atoms with Gasteiger partial charge in [0.15, 0.2) is 11.6 Å². The SMILES string of the molecule is C=CCOC[C@H](c1ccc(OC)c(F)c1)N(C(=O)OC(C)(C)C)C(=O)OC(C)(C)C. The van der Waals surface area contributed by atoms with Crippen LogP contribution in [0.4, 0.5) is 14.0 Å². The average molecular weight is 425 g/mol. The highest BCUT2D eigenvalue weighted by molar-refractivity contribution is 5.88. The van der Waals surface area contributed by atoms with Gasteiger partial charge in [-0.05, 0) is 59.2 Å². The highest BCUT2D eigenvalue weighted by atomic mass is 19.1. The van der Waals surface area contributed by atoms with E-state index in [1.165, 1.54) is 25.3 Å². The number of amides is 2. The van der Waals surface area contributed by atoms with Gasteiger partial charge in [-0.1, -0.05) is 12.1 Å². The van der Waals surface area contributed by atoms with Gasteiger partial charge in [-0.2, -0.15) is 0 Å². The van der Waals surface area contributed by atoms with Crippen LogP contribution in [-0.2, 0) is 14.2 Å². The Kier molecular flexibility index (Phi) is 8.84. The van der Waals surface area contributed by atoms with Crippen molar-refractivity contribution in [3.63, 3.8) is 0 Å². The van der Waals surface area contributed by atoms with Gasteiger partial charge in [-0.25, -0.2) is 18.9 Å². The van der Waals surface area contributed by atoms with Crippen LogP contribution in [0.15, 0.2) is 30.9 Å². The number of methoxy groups -OCH3 is 1. The normalized spacial score (nSPS) is 12.7. The monoisotopic (exact) mass is 425 g/mol. The van der Waals surface area contributed by atoms with E-state index in [1.807, 2.05) is 0 Å². The second-order valence-corrected chi connectivity index (χ2v) is 8.57. The van der Waals surface area contributed by atoms with Crippen LogP contribution >= 0.6 is 0 Å². The zero-order valence-corrected chi connectivity index (χ0v) is 18.8. The van der Waals surface area contributed by atoms with Gasteiger partial charge in [0.1, 0.15) is 11.2 Å². The summed E-state index contributed by atoms with van der Waals surface area (Å²) < 4.78 is 35.7. The molecule has 2 amide bonds. The van der Waals surface area contributed by atoms with E-state index in [9.17, 15) is 14.0 Å². The number of carbonyl (C=O) groups is 2. The van der Waals surface area contributed by atoms with Crippen LogP contribution in [0.25, 0.3) is 0 Å². The lowest BCUT2D eigenvalue weighted by Gasteiger charge is -2.33. The fraction of sp³-hybridized carbons (Fsp3) is 0.545. The second kappa shape index (κ2) is 10.4. The molecule has 0 N–H and O–H groups in total. The fourth-order valence-corrected chi connectivity index (χ4v) is 2.42. The summed E-state index contributed by atoms with van der Waals surface area (Å²) in [5.74, 6) is -0.609. The van der Waals surface area contributed by atoms with Crippen molar-refractivity contribution in [2.24, 2.45) is 0 Å². The first-order valence-corrected chi connectivity index (χ1v) is 9.56. The van der Waals surface area contributed by atoms with Crippen LogP contribution in [0.2, 0.25) is 0 Å². The summed E-state index contributed by atoms with van der Waals surface area (Å²) in [4.78, 5) is 26.7. The molecule has 0 saturated carbocycles. The molecular weight excluding hydrogens is 393 g/mol. The topological polar surface area (TPSA) is 74.3 Å². The molecule has 8 heteroatoms. The number of ether oxygens (including phenoxy) is 4. The Hall–Kier alpha value is -2.61. The molecule has 0 aliphatic heterocycles. The van der Waals surface area contributed by atoms with E-state index in [0.717, 1.165) is 4.90 Å². The Morgan fingerprint density at radius 2 is 1.63 bits per heavy atom. The number of hydrogen-bond acceptors (Lipinski definition) is 6. The lowest BCUT2D eigenvalue weighted by Crippen LogP contribution is -2.46. The molecule has 1 aromatic carbocycles. The number of carbonyl (C=O) groups excluding carboxylic acids is 2. The summed E-state index contributed by atoms with van der Waals surface area (Å²) in [7, 11) is 1.34. The van der Waals surface area contributed by atoms with Gasteiger partial charge in [0.05, 0.1) is 26.4 Å². The summed E-state index contributed by atoms with van der Waals surface area (Å²) in [6.07, 6.45) is -0.336. The van der Waals surface area contributed by atoms with Crippen LogP contribution in [0, 0.1) is 5.82 Å². The highest BCUT2D eigenvalue weighted by Gasteiger charge is 2.38. The third kappa shape index (κ3) is 8.02. The number of rotatable bonds is 7. The van der Waals surface area contributed by atoms with E-state index in [-0.39, 0.29) is 19.0 Å². The largest absolute Gasteiger partial charge is 0.494 e.